The largest absolute Gasteiger partial charge is 0.459 e. The number of nitrogens with zero attached hydrogens (tertiary/aromatic N) is 4. The highest BCUT2D eigenvalue weighted by Crippen LogP contribution is 2.42. The number of amides is 4. The van der Waals surface area contributed by atoms with E-state index < -0.39 is 29.4 Å². The molecule has 11 heteroatoms. The van der Waals surface area contributed by atoms with Gasteiger partial charge < -0.3 is 14.5 Å². The average Bonchev–Trinajstić information content (AvgIpc) is 3.44. The van der Waals surface area contributed by atoms with Crippen LogP contribution in [0.25, 0.3) is 0 Å². The lowest BCUT2D eigenvalue weighted by atomic mass is 9.78. The number of imide groups is 2. The summed E-state index contributed by atoms with van der Waals surface area (Å²) >= 11 is 0. The van der Waals surface area contributed by atoms with Crippen molar-refractivity contribution < 1.29 is 28.7 Å². The summed E-state index contributed by atoms with van der Waals surface area (Å²) in [6.07, 6.45) is 3.53. The van der Waals surface area contributed by atoms with Crippen LogP contribution in [-0.4, -0.2) is 108 Å². The number of piperidine rings is 2. The maximum Gasteiger partial charge on any atom is 0.320 e. The monoisotopic (exact) mass is 579 g/mol. The van der Waals surface area contributed by atoms with Crippen LogP contribution in [0.4, 0.5) is 5.69 Å². The van der Waals surface area contributed by atoms with Crippen LogP contribution in [0, 0.1) is 11.3 Å². The second kappa shape index (κ2) is 10.8. The summed E-state index contributed by atoms with van der Waals surface area (Å²) in [4.78, 5) is 70.4. The van der Waals surface area contributed by atoms with Crippen LogP contribution in [0.1, 0.15) is 73.6 Å². The molecule has 5 heterocycles. The fourth-order valence-electron chi connectivity index (χ4n) is 7.35. The second-order valence-corrected chi connectivity index (χ2v) is 13.8. The molecule has 0 bridgehead atoms. The topological polar surface area (TPSA) is 120 Å². The van der Waals surface area contributed by atoms with Crippen molar-refractivity contribution in [2.45, 2.75) is 64.5 Å². The third-order valence-corrected chi connectivity index (χ3v) is 9.34. The van der Waals surface area contributed by atoms with Gasteiger partial charge in [0.15, 0.2) is 0 Å². The van der Waals surface area contributed by atoms with E-state index >= 15 is 0 Å². The maximum atomic E-state index is 13.2. The fourth-order valence-corrected chi connectivity index (χ4v) is 7.35. The molecule has 5 aliphatic heterocycles. The lowest BCUT2D eigenvalue weighted by Gasteiger charge is -2.50. The number of anilines is 1. The SMILES string of the molecule is CC(C)(C)OC(=O)CN1CCC(CN2CC3(CCN(c4ccc5c(c4)C(=O)N(C4CCC(=O)NC4=O)C5=O)C3)C2)CC1. The number of fused-ring (bicyclic) bond motifs is 1. The van der Waals surface area contributed by atoms with Crippen molar-refractivity contribution in [3.8, 4) is 0 Å². The summed E-state index contributed by atoms with van der Waals surface area (Å²) in [5, 5.41) is 2.24. The molecular formula is C31H41N5O6. The second-order valence-electron chi connectivity index (χ2n) is 13.8. The zero-order valence-electron chi connectivity index (χ0n) is 24.8. The van der Waals surface area contributed by atoms with Crippen LogP contribution < -0.4 is 10.2 Å². The Balaban J connectivity index is 0.990. The van der Waals surface area contributed by atoms with Gasteiger partial charge in [0.2, 0.25) is 11.8 Å². The number of nitrogens with one attached hydrogen (secondary N) is 1. The molecule has 6 rings (SSSR count). The highest BCUT2D eigenvalue weighted by atomic mass is 16.6. The molecule has 4 fully saturated rings. The predicted molar refractivity (Wildman–Crippen MR) is 154 cm³/mol. The molecule has 11 nitrogen and oxygen atoms in total. The van der Waals surface area contributed by atoms with Crippen LogP contribution in [0.5, 0.6) is 0 Å². The Hall–Kier alpha value is -3.31. The van der Waals surface area contributed by atoms with E-state index in [-0.39, 0.29) is 30.1 Å². The Bertz CT molecular complexity index is 1310. The maximum absolute atomic E-state index is 13.2. The number of hydrogen-bond donors (Lipinski definition) is 1. The first kappa shape index (κ1) is 28.8. The van der Waals surface area contributed by atoms with E-state index in [0.717, 1.165) is 75.7 Å². The molecular weight excluding hydrogens is 538 g/mol. The van der Waals surface area contributed by atoms with Crippen LogP contribution in [0.2, 0.25) is 0 Å². The van der Waals surface area contributed by atoms with Gasteiger partial charge in [0.25, 0.3) is 11.8 Å². The quantitative estimate of drug-likeness (QED) is 0.396. The highest BCUT2D eigenvalue weighted by Gasteiger charge is 2.49. The Morgan fingerprint density at radius 3 is 2.36 bits per heavy atom. The molecule has 0 saturated carbocycles. The molecule has 4 amide bonds. The lowest BCUT2D eigenvalue weighted by Crippen LogP contribution is -2.59. The van der Waals surface area contributed by atoms with E-state index in [1.54, 1.807) is 12.1 Å². The number of rotatable bonds is 6. The van der Waals surface area contributed by atoms with E-state index in [2.05, 4.69) is 20.0 Å². The smallest absolute Gasteiger partial charge is 0.320 e. The van der Waals surface area contributed by atoms with Crippen LogP contribution in [-0.2, 0) is 19.1 Å². The molecule has 1 N–H and O–H groups in total. The van der Waals surface area contributed by atoms with Crippen molar-refractivity contribution in [3.05, 3.63) is 29.3 Å². The summed E-state index contributed by atoms with van der Waals surface area (Å²) in [5.74, 6) is -1.42. The zero-order chi connectivity index (χ0) is 29.8. The predicted octanol–water partition coefficient (Wildman–Crippen LogP) is 1.65. The minimum absolute atomic E-state index is 0.106. The Morgan fingerprint density at radius 1 is 0.952 bits per heavy atom. The lowest BCUT2D eigenvalue weighted by molar-refractivity contribution is -0.156. The highest BCUT2D eigenvalue weighted by molar-refractivity contribution is 6.23. The third-order valence-electron chi connectivity index (χ3n) is 9.34. The van der Waals surface area contributed by atoms with Gasteiger partial charge in [-0.1, -0.05) is 0 Å². The number of esters is 1. The molecule has 1 unspecified atom stereocenters. The molecule has 0 aliphatic carbocycles. The number of carbonyl (C=O) groups is 5. The van der Waals surface area contributed by atoms with Gasteiger partial charge in [-0.15, -0.1) is 0 Å². The summed E-state index contributed by atoms with van der Waals surface area (Å²) in [7, 11) is 0. The van der Waals surface area contributed by atoms with Gasteiger partial charge in [0.05, 0.1) is 17.7 Å². The zero-order valence-corrected chi connectivity index (χ0v) is 24.8. The molecule has 1 spiro atoms. The summed E-state index contributed by atoms with van der Waals surface area (Å²) in [6, 6.07) is 4.44. The molecule has 0 aromatic heterocycles. The molecule has 42 heavy (non-hydrogen) atoms. The normalized spacial score (nSPS) is 25.2. The van der Waals surface area contributed by atoms with Crippen LogP contribution in [0.3, 0.4) is 0 Å². The van der Waals surface area contributed by atoms with Crippen LogP contribution >= 0.6 is 0 Å². The minimum atomic E-state index is -0.952. The summed E-state index contributed by atoms with van der Waals surface area (Å²) in [6.45, 7) is 12.9. The van der Waals surface area contributed by atoms with Crippen LogP contribution in [0.15, 0.2) is 18.2 Å². The number of carbonyl (C=O) groups excluding carboxylic acids is 5. The first-order valence-electron chi connectivity index (χ1n) is 15.2. The molecule has 1 aromatic rings. The minimum Gasteiger partial charge on any atom is -0.459 e. The van der Waals surface area contributed by atoms with E-state index in [9.17, 15) is 24.0 Å². The van der Waals surface area contributed by atoms with Gasteiger partial charge in [0.1, 0.15) is 11.6 Å². The van der Waals surface area contributed by atoms with Crippen molar-refractivity contribution in [2.24, 2.45) is 11.3 Å². The van der Waals surface area contributed by atoms with Gasteiger partial charge in [-0.05, 0) is 83.7 Å². The average molecular weight is 580 g/mol. The Kier molecular flexibility index (Phi) is 7.37. The van der Waals surface area contributed by atoms with E-state index in [1.807, 2.05) is 26.8 Å². The van der Waals surface area contributed by atoms with Crippen molar-refractivity contribution in [3.63, 3.8) is 0 Å². The van der Waals surface area contributed by atoms with E-state index in [4.69, 9.17) is 4.74 Å². The first-order valence-corrected chi connectivity index (χ1v) is 15.2. The Labute approximate surface area is 246 Å². The van der Waals surface area contributed by atoms with Gasteiger partial charge in [-0.25, -0.2) is 0 Å². The molecule has 0 radical (unpaired) electrons. The molecule has 5 aliphatic rings. The fraction of sp³-hybridized carbons (Fsp3) is 0.645. The Morgan fingerprint density at radius 2 is 1.67 bits per heavy atom. The van der Waals surface area contributed by atoms with Gasteiger partial charge in [-0.2, -0.15) is 0 Å². The summed E-state index contributed by atoms with van der Waals surface area (Å²) < 4.78 is 5.47. The van der Waals surface area contributed by atoms with Crippen molar-refractivity contribution in [2.75, 3.05) is 57.3 Å². The van der Waals surface area contributed by atoms with E-state index in [1.165, 1.54) is 0 Å². The van der Waals surface area contributed by atoms with Crippen molar-refractivity contribution in [1.29, 1.82) is 0 Å². The van der Waals surface area contributed by atoms with Crippen molar-refractivity contribution in [1.82, 2.24) is 20.0 Å². The molecule has 1 aromatic carbocycles. The molecule has 226 valence electrons. The van der Waals surface area contributed by atoms with E-state index in [0.29, 0.717) is 23.6 Å². The van der Waals surface area contributed by atoms with Crippen molar-refractivity contribution >= 4 is 35.3 Å². The number of benzene rings is 1. The third kappa shape index (κ3) is 5.68. The summed E-state index contributed by atoms with van der Waals surface area (Å²) in [5.41, 5.74) is 1.36. The first-order chi connectivity index (χ1) is 19.9. The standard InChI is InChI=1S/C31H41N5O6/c1-30(2,3)42-26(38)16-33-11-8-20(9-12-33)15-34-17-31(18-34)10-13-35(19-31)21-4-5-22-23(14-21)29(41)36(28(22)40)24-6-7-25(37)32-27(24)39/h4-5,14,20,24H,6-13,15-19H2,1-3H3,(H,32,37,39). The number of likely N-dealkylation sites (tertiary alicyclic amines) is 2. The van der Waals surface area contributed by atoms with Gasteiger partial charge >= 0.3 is 5.97 Å². The number of hydrogen-bond acceptors (Lipinski definition) is 9. The molecule has 4 saturated heterocycles. The number of ether oxygens (including phenoxy) is 1. The van der Waals surface area contributed by atoms with Gasteiger partial charge in [0, 0.05) is 50.2 Å². The van der Waals surface area contributed by atoms with Gasteiger partial charge in [-0.3, -0.25) is 39.1 Å². The molecule has 1 atom stereocenters.